The van der Waals surface area contributed by atoms with Crippen LogP contribution in [0.15, 0.2) is 0 Å². The molecule has 16 heavy (non-hydrogen) atoms. The van der Waals surface area contributed by atoms with Gasteiger partial charge >= 0.3 is 0 Å². The van der Waals surface area contributed by atoms with E-state index in [-0.39, 0.29) is 0 Å². The molecule has 2 rings (SSSR count). The predicted octanol–water partition coefficient (Wildman–Crippen LogP) is 0.479. The Morgan fingerprint density at radius 3 is 2.75 bits per heavy atom. The number of nitrogens with zero attached hydrogens (tertiary/aromatic N) is 4. The lowest BCUT2D eigenvalue weighted by molar-refractivity contribution is 0.201. The summed E-state index contributed by atoms with van der Waals surface area (Å²) in [5.74, 6) is 0.903. The number of likely N-dealkylation sites (N-methyl/N-ethyl adjacent to an activating group) is 1. The van der Waals surface area contributed by atoms with Crippen LogP contribution in [0.4, 0.5) is 5.13 Å². The van der Waals surface area contributed by atoms with E-state index in [0.717, 1.165) is 43.6 Å². The number of rotatable bonds is 4. The number of hydrogen-bond donors (Lipinski definition) is 0. The maximum absolute atomic E-state index is 5.02. The molecule has 0 unspecified atom stereocenters. The van der Waals surface area contributed by atoms with Gasteiger partial charge in [0.2, 0.25) is 5.13 Å². The molecule has 5 nitrogen and oxygen atoms in total. The summed E-state index contributed by atoms with van der Waals surface area (Å²) in [7, 11) is 3.86. The molecule has 1 aliphatic rings. The molecule has 1 aliphatic heterocycles. The zero-order chi connectivity index (χ0) is 11.4. The summed E-state index contributed by atoms with van der Waals surface area (Å²) in [5.41, 5.74) is 0. The van der Waals surface area contributed by atoms with Gasteiger partial charge in [-0.05, 0) is 7.05 Å². The van der Waals surface area contributed by atoms with Crippen LogP contribution in [0.5, 0.6) is 0 Å². The fourth-order valence-electron chi connectivity index (χ4n) is 1.67. The Hall–Kier alpha value is -0.720. The highest BCUT2D eigenvalue weighted by Gasteiger charge is 2.17. The standard InChI is InChI=1S/C10H18N4OS/c1-13-4-6-14(7-5-13)10-11-9(12-16-10)3-8-15-2/h3-8H2,1-2H3. The molecule has 1 aromatic rings. The molecule has 1 fully saturated rings. The Morgan fingerprint density at radius 2 is 2.06 bits per heavy atom. The van der Waals surface area contributed by atoms with Crippen molar-refractivity contribution >= 4 is 16.7 Å². The molecule has 0 aromatic carbocycles. The minimum atomic E-state index is 0.693. The van der Waals surface area contributed by atoms with Crippen molar-refractivity contribution < 1.29 is 4.74 Å². The summed E-state index contributed by atoms with van der Waals surface area (Å²) in [5, 5.41) is 1.05. The number of hydrogen-bond acceptors (Lipinski definition) is 6. The molecule has 6 heteroatoms. The molecule has 0 atom stereocenters. The van der Waals surface area contributed by atoms with Crippen molar-refractivity contribution in [1.82, 2.24) is 14.3 Å². The lowest BCUT2D eigenvalue weighted by Gasteiger charge is -2.31. The Kier molecular flexibility index (Phi) is 4.09. The fourth-order valence-corrected chi connectivity index (χ4v) is 2.43. The number of aromatic nitrogens is 2. The van der Waals surface area contributed by atoms with Crippen LogP contribution < -0.4 is 4.90 Å². The first-order valence-electron chi connectivity index (χ1n) is 5.54. The fraction of sp³-hybridized carbons (Fsp3) is 0.800. The minimum absolute atomic E-state index is 0.693. The highest BCUT2D eigenvalue weighted by molar-refractivity contribution is 7.09. The quantitative estimate of drug-likeness (QED) is 0.768. The smallest absolute Gasteiger partial charge is 0.205 e. The van der Waals surface area contributed by atoms with Gasteiger partial charge in [-0.15, -0.1) is 0 Å². The first-order valence-corrected chi connectivity index (χ1v) is 6.32. The lowest BCUT2D eigenvalue weighted by Crippen LogP contribution is -2.44. The zero-order valence-electron chi connectivity index (χ0n) is 9.85. The van der Waals surface area contributed by atoms with Crippen molar-refractivity contribution in [3.8, 4) is 0 Å². The first-order chi connectivity index (χ1) is 7.79. The van der Waals surface area contributed by atoms with Crippen molar-refractivity contribution in [2.24, 2.45) is 0 Å². The third kappa shape index (κ3) is 2.90. The topological polar surface area (TPSA) is 41.5 Å². The maximum atomic E-state index is 5.02. The van der Waals surface area contributed by atoms with Gasteiger partial charge in [-0.3, -0.25) is 0 Å². The molecule has 0 aliphatic carbocycles. The minimum Gasteiger partial charge on any atom is -0.384 e. The van der Waals surface area contributed by atoms with Crippen LogP contribution >= 0.6 is 11.5 Å². The first kappa shape index (κ1) is 11.8. The molecule has 0 spiro atoms. The third-order valence-electron chi connectivity index (χ3n) is 2.76. The number of anilines is 1. The molecule has 0 saturated carbocycles. The number of ether oxygens (including phenoxy) is 1. The molecule has 1 aromatic heterocycles. The molecule has 0 bridgehead atoms. The van der Waals surface area contributed by atoms with Crippen LogP contribution in [0.25, 0.3) is 0 Å². The van der Waals surface area contributed by atoms with Gasteiger partial charge in [0.25, 0.3) is 0 Å². The second-order valence-electron chi connectivity index (χ2n) is 4.03. The summed E-state index contributed by atoms with van der Waals surface area (Å²) >= 11 is 1.50. The Labute approximate surface area is 100 Å². The largest absolute Gasteiger partial charge is 0.384 e. The normalized spacial score (nSPS) is 18.0. The summed E-state index contributed by atoms with van der Waals surface area (Å²) in [6.07, 6.45) is 0.806. The van der Waals surface area contributed by atoms with Gasteiger partial charge in [0.1, 0.15) is 5.82 Å². The van der Waals surface area contributed by atoms with E-state index in [9.17, 15) is 0 Å². The Bertz CT molecular complexity index is 322. The molecule has 0 N–H and O–H groups in total. The number of piperazine rings is 1. The van der Waals surface area contributed by atoms with Crippen LogP contribution in [0.2, 0.25) is 0 Å². The van der Waals surface area contributed by atoms with Crippen LogP contribution in [-0.2, 0) is 11.2 Å². The van der Waals surface area contributed by atoms with Crippen LogP contribution in [-0.4, -0.2) is 61.2 Å². The van der Waals surface area contributed by atoms with Gasteiger partial charge in [-0.1, -0.05) is 0 Å². The van der Waals surface area contributed by atoms with Gasteiger partial charge in [0.05, 0.1) is 6.61 Å². The maximum Gasteiger partial charge on any atom is 0.205 e. The lowest BCUT2D eigenvalue weighted by atomic mass is 10.3. The van der Waals surface area contributed by atoms with Crippen molar-refractivity contribution in [3.05, 3.63) is 5.82 Å². The third-order valence-corrected chi connectivity index (χ3v) is 3.58. The average Bonchev–Trinajstić information content (AvgIpc) is 2.76. The summed E-state index contributed by atoms with van der Waals surface area (Å²) in [6, 6.07) is 0. The highest BCUT2D eigenvalue weighted by atomic mass is 32.1. The van der Waals surface area contributed by atoms with Crippen molar-refractivity contribution in [3.63, 3.8) is 0 Å². The van der Waals surface area contributed by atoms with Gasteiger partial charge in [-0.25, -0.2) is 4.98 Å². The van der Waals surface area contributed by atoms with Gasteiger partial charge in [0, 0.05) is 51.2 Å². The molecule has 0 radical (unpaired) electrons. The van der Waals surface area contributed by atoms with E-state index in [0.29, 0.717) is 6.61 Å². The molecule has 90 valence electrons. The van der Waals surface area contributed by atoms with Gasteiger partial charge in [0.15, 0.2) is 0 Å². The molecule has 1 saturated heterocycles. The highest BCUT2D eigenvalue weighted by Crippen LogP contribution is 2.18. The summed E-state index contributed by atoms with van der Waals surface area (Å²) < 4.78 is 9.36. The average molecular weight is 242 g/mol. The second kappa shape index (κ2) is 5.56. The molecular weight excluding hydrogens is 224 g/mol. The van der Waals surface area contributed by atoms with Crippen LogP contribution in [0.1, 0.15) is 5.82 Å². The second-order valence-corrected chi connectivity index (χ2v) is 4.76. The van der Waals surface area contributed by atoms with E-state index in [1.807, 2.05) is 0 Å². The van der Waals surface area contributed by atoms with Gasteiger partial charge < -0.3 is 14.5 Å². The molecular formula is C10H18N4OS. The van der Waals surface area contributed by atoms with E-state index < -0.39 is 0 Å². The zero-order valence-corrected chi connectivity index (χ0v) is 10.7. The Morgan fingerprint density at radius 1 is 1.31 bits per heavy atom. The SMILES string of the molecule is COCCc1nsc(N2CCN(C)CC2)n1. The van der Waals surface area contributed by atoms with Crippen molar-refractivity contribution in [2.45, 2.75) is 6.42 Å². The van der Waals surface area contributed by atoms with E-state index >= 15 is 0 Å². The van der Waals surface area contributed by atoms with Gasteiger partial charge in [-0.2, -0.15) is 4.37 Å². The van der Waals surface area contributed by atoms with Crippen LogP contribution in [0.3, 0.4) is 0 Å². The number of methoxy groups -OCH3 is 1. The van der Waals surface area contributed by atoms with E-state index in [2.05, 4.69) is 26.2 Å². The monoisotopic (exact) mass is 242 g/mol. The van der Waals surface area contributed by atoms with Crippen molar-refractivity contribution in [2.75, 3.05) is 51.8 Å². The predicted molar refractivity (Wildman–Crippen MR) is 65.2 cm³/mol. The van der Waals surface area contributed by atoms with E-state index in [4.69, 9.17) is 4.74 Å². The molecule has 2 heterocycles. The van der Waals surface area contributed by atoms with Crippen molar-refractivity contribution in [1.29, 1.82) is 0 Å². The van der Waals surface area contributed by atoms with Crippen LogP contribution in [0, 0.1) is 0 Å². The molecule has 0 amide bonds. The summed E-state index contributed by atoms with van der Waals surface area (Å²) in [4.78, 5) is 9.18. The van der Waals surface area contributed by atoms with E-state index in [1.54, 1.807) is 7.11 Å². The van der Waals surface area contributed by atoms with E-state index in [1.165, 1.54) is 11.5 Å². The Balaban J connectivity index is 1.91. The summed E-state index contributed by atoms with van der Waals surface area (Å²) in [6.45, 7) is 5.00.